The van der Waals surface area contributed by atoms with Gasteiger partial charge >= 0.3 is 0 Å². The molecular formula is C12H20N2S. The topological polar surface area (TPSA) is 38.9 Å². The summed E-state index contributed by atoms with van der Waals surface area (Å²) < 4.78 is 0. The Kier molecular flexibility index (Phi) is 3.76. The monoisotopic (exact) mass is 224 g/mol. The number of fused-ring (bicyclic) bond motifs is 1. The van der Waals surface area contributed by atoms with Crippen LogP contribution in [0.5, 0.6) is 0 Å². The Morgan fingerprint density at radius 1 is 1.27 bits per heavy atom. The van der Waals surface area contributed by atoms with Crippen LogP contribution < -0.4 is 5.73 Å². The van der Waals surface area contributed by atoms with E-state index in [2.05, 4.69) is 6.92 Å². The smallest absolute Gasteiger partial charge is 0.110 e. The van der Waals surface area contributed by atoms with Gasteiger partial charge in [-0.25, -0.2) is 4.98 Å². The largest absolute Gasteiger partial charge is 0.322 e. The van der Waals surface area contributed by atoms with Gasteiger partial charge in [-0.2, -0.15) is 0 Å². The number of thiazole rings is 1. The fourth-order valence-corrected chi connectivity index (χ4v) is 3.30. The third-order valence-corrected chi connectivity index (χ3v) is 4.41. The van der Waals surface area contributed by atoms with E-state index in [9.17, 15) is 0 Å². The molecule has 2 rings (SSSR count). The molecule has 0 saturated carbocycles. The molecule has 1 aromatic rings. The van der Waals surface area contributed by atoms with Gasteiger partial charge in [-0.1, -0.05) is 19.8 Å². The second kappa shape index (κ2) is 5.08. The zero-order valence-corrected chi connectivity index (χ0v) is 10.3. The molecule has 0 spiro atoms. The highest BCUT2D eigenvalue weighted by atomic mass is 32.1. The lowest BCUT2D eigenvalue weighted by molar-refractivity contribution is 0.612. The number of rotatable bonds is 2. The molecule has 0 fully saturated rings. The van der Waals surface area contributed by atoms with Crippen molar-refractivity contribution in [1.29, 1.82) is 0 Å². The van der Waals surface area contributed by atoms with E-state index in [1.807, 2.05) is 11.3 Å². The molecule has 1 aliphatic carbocycles. The quantitative estimate of drug-likeness (QED) is 0.837. The normalized spacial score (nSPS) is 19.1. The molecule has 1 heterocycles. The van der Waals surface area contributed by atoms with Crippen molar-refractivity contribution in [2.45, 2.75) is 57.9 Å². The highest BCUT2D eigenvalue weighted by Crippen LogP contribution is 2.28. The first kappa shape index (κ1) is 11.1. The molecule has 1 aromatic heterocycles. The number of nitrogens with two attached hydrogens (primary N) is 1. The van der Waals surface area contributed by atoms with Crippen molar-refractivity contribution in [3.8, 4) is 0 Å². The summed E-state index contributed by atoms with van der Waals surface area (Å²) in [6.45, 7) is 2.13. The molecule has 1 atom stereocenters. The van der Waals surface area contributed by atoms with Gasteiger partial charge in [-0.3, -0.25) is 0 Å². The van der Waals surface area contributed by atoms with E-state index in [1.54, 1.807) is 0 Å². The summed E-state index contributed by atoms with van der Waals surface area (Å²) in [5.41, 5.74) is 7.38. The van der Waals surface area contributed by atoms with Crippen LogP contribution in [0.1, 0.15) is 60.6 Å². The van der Waals surface area contributed by atoms with Crippen molar-refractivity contribution in [1.82, 2.24) is 4.98 Å². The minimum absolute atomic E-state index is 0.156. The van der Waals surface area contributed by atoms with Crippen LogP contribution in [0.4, 0.5) is 0 Å². The van der Waals surface area contributed by atoms with Crippen molar-refractivity contribution in [3.63, 3.8) is 0 Å². The van der Waals surface area contributed by atoms with Crippen LogP contribution in [0.2, 0.25) is 0 Å². The second-order valence-corrected chi connectivity index (χ2v) is 5.47. The van der Waals surface area contributed by atoms with Crippen LogP contribution in [0.25, 0.3) is 0 Å². The number of aryl methyl sites for hydroxylation is 2. The summed E-state index contributed by atoms with van der Waals surface area (Å²) in [7, 11) is 0. The van der Waals surface area contributed by atoms with Gasteiger partial charge in [0.2, 0.25) is 0 Å². The lowest BCUT2D eigenvalue weighted by Gasteiger charge is -2.06. The van der Waals surface area contributed by atoms with E-state index in [1.165, 1.54) is 49.1 Å². The molecule has 2 N–H and O–H groups in total. The van der Waals surface area contributed by atoms with Gasteiger partial charge in [0.25, 0.3) is 0 Å². The maximum absolute atomic E-state index is 6.03. The molecule has 0 aromatic carbocycles. The van der Waals surface area contributed by atoms with Crippen LogP contribution in [0, 0.1) is 0 Å². The maximum Gasteiger partial charge on any atom is 0.110 e. The third-order valence-electron chi connectivity index (χ3n) is 3.12. The molecule has 15 heavy (non-hydrogen) atoms. The van der Waals surface area contributed by atoms with Crippen molar-refractivity contribution in [2.24, 2.45) is 5.73 Å². The van der Waals surface area contributed by atoms with Crippen molar-refractivity contribution in [3.05, 3.63) is 15.6 Å². The average molecular weight is 224 g/mol. The summed E-state index contributed by atoms with van der Waals surface area (Å²) in [5.74, 6) is 0. The predicted molar refractivity (Wildman–Crippen MR) is 65.2 cm³/mol. The Bertz CT molecular complexity index is 294. The van der Waals surface area contributed by atoms with Gasteiger partial charge < -0.3 is 5.73 Å². The molecule has 0 aliphatic heterocycles. The average Bonchev–Trinajstić information content (AvgIpc) is 2.60. The lowest BCUT2D eigenvalue weighted by Crippen LogP contribution is -2.08. The Balaban J connectivity index is 2.19. The molecule has 3 heteroatoms. The minimum atomic E-state index is 0.156. The zero-order valence-electron chi connectivity index (χ0n) is 9.46. The highest BCUT2D eigenvalue weighted by molar-refractivity contribution is 7.11. The molecule has 0 radical (unpaired) electrons. The zero-order chi connectivity index (χ0) is 10.7. The molecule has 0 saturated heterocycles. The molecule has 2 nitrogen and oxygen atoms in total. The SMILES string of the molecule is CCC(N)c1nc2c(s1)CCCCCC2. The van der Waals surface area contributed by atoms with Crippen LogP contribution in [-0.4, -0.2) is 4.98 Å². The lowest BCUT2D eigenvalue weighted by atomic mass is 10.0. The van der Waals surface area contributed by atoms with Gasteiger partial charge in [0.15, 0.2) is 0 Å². The van der Waals surface area contributed by atoms with Gasteiger partial charge in [-0.05, 0) is 32.1 Å². The van der Waals surface area contributed by atoms with Gasteiger partial charge in [0.1, 0.15) is 5.01 Å². The number of aromatic nitrogens is 1. The fraction of sp³-hybridized carbons (Fsp3) is 0.750. The van der Waals surface area contributed by atoms with E-state index in [0.717, 1.165) is 11.4 Å². The first-order chi connectivity index (χ1) is 7.31. The van der Waals surface area contributed by atoms with Gasteiger partial charge in [-0.15, -0.1) is 11.3 Å². The van der Waals surface area contributed by atoms with E-state index >= 15 is 0 Å². The van der Waals surface area contributed by atoms with Crippen molar-refractivity contribution in [2.75, 3.05) is 0 Å². The Morgan fingerprint density at radius 3 is 2.73 bits per heavy atom. The molecule has 1 aliphatic rings. The van der Waals surface area contributed by atoms with Crippen LogP contribution in [0.3, 0.4) is 0 Å². The van der Waals surface area contributed by atoms with E-state index < -0.39 is 0 Å². The Labute approximate surface area is 95.9 Å². The maximum atomic E-state index is 6.03. The van der Waals surface area contributed by atoms with Gasteiger partial charge in [0, 0.05) is 4.88 Å². The van der Waals surface area contributed by atoms with Crippen molar-refractivity contribution >= 4 is 11.3 Å². The molecule has 1 unspecified atom stereocenters. The molecule has 0 amide bonds. The van der Waals surface area contributed by atoms with E-state index in [-0.39, 0.29) is 6.04 Å². The fourth-order valence-electron chi connectivity index (χ4n) is 2.06. The first-order valence-corrected chi connectivity index (χ1v) is 6.87. The highest BCUT2D eigenvalue weighted by Gasteiger charge is 2.15. The van der Waals surface area contributed by atoms with E-state index in [4.69, 9.17) is 10.7 Å². The molecule has 84 valence electrons. The predicted octanol–water partition coefficient (Wildman–Crippen LogP) is 3.21. The first-order valence-electron chi connectivity index (χ1n) is 6.05. The standard InChI is InChI=1S/C12H20N2S/c1-2-9(13)12-14-10-7-5-3-4-6-8-11(10)15-12/h9H,2-8,13H2,1H3. The summed E-state index contributed by atoms with van der Waals surface area (Å²) in [4.78, 5) is 6.22. The molecular weight excluding hydrogens is 204 g/mol. The minimum Gasteiger partial charge on any atom is -0.322 e. The van der Waals surface area contributed by atoms with Crippen LogP contribution in [0.15, 0.2) is 0 Å². The van der Waals surface area contributed by atoms with Crippen LogP contribution in [-0.2, 0) is 12.8 Å². The molecule has 0 bridgehead atoms. The number of hydrogen-bond donors (Lipinski definition) is 1. The van der Waals surface area contributed by atoms with Crippen LogP contribution >= 0.6 is 11.3 Å². The Morgan fingerprint density at radius 2 is 2.00 bits per heavy atom. The summed E-state index contributed by atoms with van der Waals surface area (Å²) >= 11 is 1.85. The summed E-state index contributed by atoms with van der Waals surface area (Å²) in [6.07, 6.45) is 8.77. The van der Waals surface area contributed by atoms with Gasteiger partial charge in [0.05, 0.1) is 11.7 Å². The van der Waals surface area contributed by atoms with E-state index in [0.29, 0.717) is 0 Å². The second-order valence-electron chi connectivity index (χ2n) is 4.35. The summed E-state index contributed by atoms with van der Waals surface area (Å²) in [5, 5.41) is 1.16. The summed E-state index contributed by atoms with van der Waals surface area (Å²) in [6, 6.07) is 0.156. The van der Waals surface area contributed by atoms with Crippen molar-refractivity contribution < 1.29 is 0 Å². The third kappa shape index (κ3) is 2.58. The Hall–Kier alpha value is -0.410. The number of nitrogens with zero attached hydrogens (tertiary/aromatic N) is 1. The number of hydrogen-bond acceptors (Lipinski definition) is 3.